The molecule has 3 aromatic rings. The molecule has 0 bridgehead atoms. The third-order valence-corrected chi connectivity index (χ3v) is 7.19. The fourth-order valence-corrected chi connectivity index (χ4v) is 5.29. The Hall–Kier alpha value is -2.94. The molecule has 0 unspecified atom stereocenters. The van der Waals surface area contributed by atoms with Crippen LogP contribution in [0, 0.1) is 5.82 Å². The first kappa shape index (κ1) is 20.9. The number of carbonyl (C=O) groups is 1. The van der Waals surface area contributed by atoms with E-state index in [0.29, 0.717) is 42.3 Å². The molecular weight excluding hydrogens is 429 g/mol. The predicted molar refractivity (Wildman–Crippen MR) is 125 cm³/mol. The molecule has 2 aliphatic rings. The molecule has 2 aliphatic heterocycles. The molecule has 0 aliphatic carbocycles. The molecular formula is C23H26FN5O2S. The number of aromatic nitrogens is 2. The van der Waals surface area contributed by atoms with Gasteiger partial charge in [-0.15, -0.1) is 11.3 Å². The van der Waals surface area contributed by atoms with Crippen molar-refractivity contribution < 1.29 is 9.18 Å². The van der Waals surface area contributed by atoms with Crippen LogP contribution in [0.4, 0.5) is 16.0 Å². The van der Waals surface area contributed by atoms with E-state index >= 15 is 0 Å². The van der Waals surface area contributed by atoms with Gasteiger partial charge in [0.05, 0.1) is 5.52 Å². The Morgan fingerprint density at radius 1 is 0.938 bits per heavy atom. The van der Waals surface area contributed by atoms with E-state index in [9.17, 15) is 14.0 Å². The highest BCUT2D eigenvalue weighted by Crippen LogP contribution is 2.23. The van der Waals surface area contributed by atoms with Crippen molar-refractivity contribution in [2.24, 2.45) is 0 Å². The lowest BCUT2D eigenvalue weighted by Crippen LogP contribution is -2.50. The predicted octanol–water partition coefficient (Wildman–Crippen LogP) is 2.94. The van der Waals surface area contributed by atoms with Crippen LogP contribution in [0.1, 0.15) is 19.3 Å². The molecule has 2 saturated heterocycles. The molecule has 1 amide bonds. The molecule has 4 heterocycles. The highest BCUT2D eigenvalue weighted by Gasteiger charge is 2.25. The van der Waals surface area contributed by atoms with Crippen LogP contribution in [-0.2, 0) is 11.3 Å². The van der Waals surface area contributed by atoms with E-state index in [4.69, 9.17) is 4.98 Å². The maximum atomic E-state index is 13.2. The summed E-state index contributed by atoms with van der Waals surface area (Å²) in [4.78, 5) is 37.3. The average molecular weight is 456 g/mol. The zero-order valence-electron chi connectivity index (χ0n) is 17.9. The van der Waals surface area contributed by atoms with Crippen molar-refractivity contribution in [3.05, 3.63) is 51.9 Å². The van der Waals surface area contributed by atoms with Gasteiger partial charge in [-0.05, 0) is 55.0 Å². The van der Waals surface area contributed by atoms with Crippen molar-refractivity contribution in [3.8, 4) is 0 Å². The Morgan fingerprint density at radius 3 is 2.38 bits per heavy atom. The lowest BCUT2D eigenvalue weighted by molar-refractivity contribution is -0.132. The van der Waals surface area contributed by atoms with E-state index < -0.39 is 0 Å². The Bertz CT molecular complexity index is 1160. The number of anilines is 2. The van der Waals surface area contributed by atoms with Crippen LogP contribution in [0.2, 0.25) is 0 Å². The Morgan fingerprint density at radius 2 is 1.66 bits per heavy atom. The van der Waals surface area contributed by atoms with Gasteiger partial charge < -0.3 is 14.7 Å². The van der Waals surface area contributed by atoms with Gasteiger partial charge in [0.1, 0.15) is 17.1 Å². The molecule has 0 spiro atoms. The number of halogens is 1. The number of rotatable bonds is 4. The van der Waals surface area contributed by atoms with Gasteiger partial charge in [-0.25, -0.2) is 9.37 Å². The van der Waals surface area contributed by atoms with Crippen molar-refractivity contribution in [1.29, 1.82) is 0 Å². The number of hydrogen-bond donors (Lipinski definition) is 0. The second kappa shape index (κ2) is 8.90. The SMILES string of the molecule is O=C(Cn1c(N2CCCCC2)nc2ccsc2c1=O)N1CCN(c2ccc(F)cc2)CC1. The summed E-state index contributed by atoms with van der Waals surface area (Å²) in [6.45, 7) is 4.19. The van der Waals surface area contributed by atoms with Crippen LogP contribution in [0.5, 0.6) is 0 Å². The van der Waals surface area contributed by atoms with Gasteiger partial charge in [-0.2, -0.15) is 0 Å². The van der Waals surface area contributed by atoms with Gasteiger partial charge in [0.2, 0.25) is 11.9 Å². The molecule has 9 heteroatoms. The lowest BCUT2D eigenvalue weighted by atomic mass is 10.1. The molecule has 5 rings (SSSR count). The van der Waals surface area contributed by atoms with Crippen LogP contribution < -0.4 is 15.4 Å². The van der Waals surface area contributed by atoms with Gasteiger partial charge >= 0.3 is 0 Å². The molecule has 1 aromatic carbocycles. The first-order valence-corrected chi connectivity index (χ1v) is 12.0. The molecule has 2 fully saturated rings. The zero-order valence-corrected chi connectivity index (χ0v) is 18.7. The van der Waals surface area contributed by atoms with E-state index in [1.165, 1.54) is 29.9 Å². The maximum absolute atomic E-state index is 13.2. The van der Waals surface area contributed by atoms with Gasteiger partial charge in [0.15, 0.2) is 0 Å². The highest BCUT2D eigenvalue weighted by atomic mass is 32.1. The summed E-state index contributed by atoms with van der Waals surface area (Å²) < 4.78 is 15.4. The maximum Gasteiger partial charge on any atom is 0.273 e. The fraction of sp³-hybridized carbons (Fsp3) is 0.435. The van der Waals surface area contributed by atoms with Crippen LogP contribution in [-0.4, -0.2) is 59.6 Å². The van der Waals surface area contributed by atoms with Gasteiger partial charge in [-0.1, -0.05) is 0 Å². The number of carbonyl (C=O) groups excluding carboxylic acids is 1. The number of piperidine rings is 1. The normalized spacial score (nSPS) is 17.2. The van der Waals surface area contributed by atoms with Gasteiger partial charge in [0, 0.05) is 45.0 Å². The van der Waals surface area contributed by atoms with E-state index in [1.54, 1.807) is 16.7 Å². The third-order valence-electron chi connectivity index (χ3n) is 6.30. The van der Waals surface area contributed by atoms with Crippen LogP contribution in [0.3, 0.4) is 0 Å². The summed E-state index contributed by atoms with van der Waals surface area (Å²) in [5.41, 5.74) is 1.52. The quantitative estimate of drug-likeness (QED) is 0.605. The number of nitrogens with zero attached hydrogens (tertiary/aromatic N) is 5. The summed E-state index contributed by atoms with van der Waals surface area (Å²) >= 11 is 1.37. The second-order valence-corrected chi connectivity index (χ2v) is 9.25. The van der Waals surface area contributed by atoms with Crippen molar-refractivity contribution >= 4 is 39.1 Å². The van der Waals surface area contributed by atoms with Gasteiger partial charge in [-0.3, -0.25) is 14.2 Å². The highest BCUT2D eigenvalue weighted by molar-refractivity contribution is 7.17. The third kappa shape index (κ3) is 4.09. The first-order valence-electron chi connectivity index (χ1n) is 11.1. The zero-order chi connectivity index (χ0) is 22.1. The Kier molecular flexibility index (Phi) is 5.82. The summed E-state index contributed by atoms with van der Waals surface area (Å²) in [5.74, 6) is 0.287. The summed E-state index contributed by atoms with van der Waals surface area (Å²) in [6.07, 6.45) is 3.31. The largest absolute Gasteiger partial charge is 0.368 e. The number of amides is 1. The molecule has 0 atom stereocenters. The van der Waals surface area contributed by atoms with Crippen LogP contribution in [0.15, 0.2) is 40.5 Å². The molecule has 168 valence electrons. The smallest absolute Gasteiger partial charge is 0.273 e. The van der Waals surface area contributed by atoms with E-state index in [-0.39, 0.29) is 23.8 Å². The Balaban J connectivity index is 1.34. The topological polar surface area (TPSA) is 61.7 Å². The molecule has 0 saturated carbocycles. The number of hydrogen-bond acceptors (Lipinski definition) is 6. The number of fused-ring (bicyclic) bond motifs is 1. The monoisotopic (exact) mass is 455 g/mol. The van der Waals surface area contributed by atoms with E-state index in [1.807, 2.05) is 16.3 Å². The van der Waals surface area contributed by atoms with Crippen LogP contribution in [0.25, 0.3) is 10.2 Å². The molecule has 2 aromatic heterocycles. The second-order valence-electron chi connectivity index (χ2n) is 8.33. The molecule has 7 nitrogen and oxygen atoms in total. The summed E-state index contributed by atoms with van der Waals surface area (Å²) in [5, 5.41) is 1.87. The lowest BCUT2D eigenvalue weighted by Gasteiger charge is -2.36. The van der Waals surface area contributed by atoms with Crippen molar-refractivity contribution in [1.82, 2.24) is 14.5 Å². The fourth-order valence-electron chi connectivity index (χ4n) is 4.51. The van der Waals surface area contributed by atoms with Crippen molar-refractivity contribution in [3.63, 3.8) is 0 Å². The summed E-state index contributed by atoms with van der Waals surface area (Å²) in [7, 11) is 0. The molecule has 0 N–H and O–H groups in total. The van der Waals surface area contributed by atoms with E-state index in [0.717, 1.165) is 31.6 Å². The molecule has 32 heavy (non-hydrogen) atoms. The summed E-state index contributed by atoms with van der Waals surface area (Å²) in [6, 6.07) is 8.30. The van der Waals surface area contributed by atoms with Gasteiger partial charge in [0.25, 0.3) is 5.56 Å². The minimum Gasteiger partial charge on any atom is -0.368 e. The van der Waals surface area contributed by atoms with Crippen molar-refractivity contribution in [2.75, 3.05) is 49.1 Å². The average Bonchev–Trinajstić information content (AvgIpc) is 3.31. The number of benzene rings is 1. The van der Waals surface area contributed by atoms with Crippen LogP contribution >= 0.6 is 11.3 Å². The number of thiophene rings is 1. The standard InChI is InChI=1S/C23H26FN5O2S/c24-17-4-6-18(7-5-17)26-11-13-27(14-12-26)20(30)16-29-22(31)21-19(8-15-32-21)25-23(29)28-9-2-1-3-10-28/h4-8,15H,1-3,9-14,16H2. The minimum absolute atomic E-state index is 0.00204. The Labute approximate surface area is 189 Å². The first-order chi connectivity index (χ1) is 15.6. The van der Waals surface area contributed by atoms with Crippen molar-refractivity contribution in [2.45, 2.75) is 25.8 Å². The van der Waals surface area contributed by atoms with E-state index in [2.05, 4.69) is 9.80 Å². The molecule has 0 radical (unpaired) electrons. The minimum atomic E-state index is -0.256. The number of piperazine rings is 1.